The number of piperidine rings is 1. The lowest BCUT2D eigenvalue weighted by Gasteiger charge is -2.33. The molecular weight excluding hydrogens is 370 g/mol. The predicted octanol–water partition coefficient (Wildman–Crippen LogP) is 3.21. The lowest BCUT2D eigenvalue weighted by molar-refractivity contribution is 0.193. The lowest BCUT2D eigenvalue weighted by Crippen LogP contribution is -2.46. The van der Waals surface area contributed by atoms with Crippen LogP contribution in [0.2, 0.25) is 0 Å². The van der Waals surface area contributed by atoms with Crippen LogP contribution < -0.4 is 21.9 Å². The molecule has 5 N–H and O–H groups in total. The summed E-state index contributed by atoms with van der Waals surface area (Å²) in [5.41, 5.74) is 17.7. The minimum atomic E-state index is -0.339. The summed E-state index contributed by atoms with van der Waals surface area (Å²) >= 11 is 0. The number of rotatable bonds is 8. The molecule has 5 heteroatoms. The fourth-order valence-corrected chi connectivity index (χ4v) is 4.90. The molecule has 4 rings (SSSR count). The minimum Gasteiger partial charge on any atom is -0.368 e. The Labute approximate surface area is 181 Å². The molecule has 0 amide bonds. The molecule has 1 saturated carbocycles. The molecule has 0 bridgehead atoms. The van der Waals surface area contributed by atoms with E-state index in [9.17, 15) is 0 Å². The zero-order valence-electron chi connectivity index (χ0n) is 18.5. The lowest BCUT2D eigenvalue weighted by atomic mass is 9.80. The van der Waals surface area contributed by atoms with E-state index < -0.39 is 0 Å². The topological polar surface area (TPSA) is 65.3 Å². The molecule has 0 radical (unpaired) electrons. The number of hydrazine groups is 1. The SMILES string of the molecule is C=C/C=C(\CCN)C1=C(NC2CCN(C3CC3)CC2)NNC1(C)c1ccc(C)cc1. The number of aryl methyl sites for hydroxylation is 1. The minimum absolute atomic E-state index is 0.339. The van der Waals surface area contributed by atoms with Gasteiger partial charge in [0.25, 0.3) is 0 Å². The summed E-state index contributed by atoms with van der Waals surface area (Å²) < 4.78 is 0. The fraction of sp³-hybridized carbons (Fsp3) is 0.520. The Bertz CT molecular complexity index is 812. The molecule has 1 atom stereocenters. The summed E-state index contributed by atoms with van der Waals surface area (Å²) in [5.74, 6) is 1.09. The molecule has 2 heterocycles. The smallest absolute Gasteiger partial charge is 0.119 e. The average molecular weight is 408 g/mol. The van der Waals surface area contributed by atoms with Crippen molar-refractivity contribution in [1.82, 2.24) is 21.1 Å². The molecule has 30 heavy (non-hydrogen) atoms. The first-order valence-electron chi connectivity index (χ1n) is 11.4. The van der Waals surface area contributed by atoms with Crippen LogP contribution in [0.15, 0.2) is 60.0 Å². The third-order valence-corrected chi connectivity index (χ3v) is 6.81. The third kappa shape index (κ3) is 4.34. The van der Waals surface area contributed by atoms with E-state index in [2.05, 4.69) is 71.8 Å². The molecular formula is C25H37N5. The summed E-state index contributed by atoms with van der Waals surface area (Å²) in [6.45, 7) is 11.3. The predicted molar refractivity (Wildman–Crippen MR) is 125 cm³/mol. The first kappa shape index (κ1) is 21.2. The largest absolute Gasteiger partial charge is 0.368 e. The normalized spacial score (nSPS) is 26.0. The van der Waals surface area contributed by atoms with Crippen molar-refractivity contribution in [2.24, 2.45) is 5.73 Å². The molecule has 0 aromatic heterocycles. The van der Waals surface area contributed by atoms with E-state index in [-0.39, 0.29) is 5.54 Å². The molecule has 1 unspecified atom stereocenters. The van der Waals surface area contributed by atoms with Gasteiger partial charge in [-0.1, -0.05) is 48.6 Å². The van der Waals surface area contributed by atoms with Crippen LogP contribution in [0.3, 0.4) is 0 Å². The van der Waals surface area contributed by atoms with Crippen molar-refractivity contribution >= 4 is 0 Å². The molecule has 5 nitrogen and oxygen atoms in total. The van der Waals surface area contributed by atoms with Crippen LogP contribution in [0.25, 0.3) is 0 Å². The number of allylic oxidation sites excluding steroid dienone is 2. The first-order chi connectivity index (χ1) is 14.5. The fourth-order valence-electron chi connectivity index (χ4n) is 4.90. The number of hydrogen-bond donors (Lipinski definition) is 4. The van der Waals surface area contributed by atoms with Crippen molar-refractivity contribution in [2.45, 2.75) is 63.6 Å². The van der Waals surface area contributed by atoms with Gasteiger partial charge >= 0.3 is 0 Å². The van der Waals surface area contributed by atoms with Crippen LogP contribution in [0.5, 0.6) is 0 Å². The second-order valence-electron chi connectivity index (χ2n) is 9.14. The Morgan fingerprint density at radius 1 is 1.23 bits per heavy atom. The summed E-state index contributed by atoms with van der Waals surface area (Å²) in [6, 6.07) is 10.1. The quantitative estimate of drug-likeness (QED) is 0.499. The van der Waals surface area contributed by atoms with Crippen molar-refractivity contribution in [1.29, 1.82) is 0 Å². The van der Waals surface area contributed by atoms with Crippen LogP contribution in [0, 0.1) is 6.92 Å². The summed E-state index contributed by atoms with van der Waals surface area (Å²) in [7, 11) is 0. The van der Waals surface area contributed by atoms with Gasteiger partial charge in [0.2, 0.25) is 0 Å². The Balaban J connectivity index is 1.63. The van der Waals surface area contributed by atoms with Crippen molar-refractivity contribution in [2.75, 3.05) is 19.6 Å². The van der Waals surface area contributed by atoms with E-state index in [1.807, 2.05) is 6.08 Å². The van der Waals surface area contributed by atoms with Gasteiger partial charge in [-0.15, -0.1) is 0 Å². The maximum atomic E-state index is 5.99. The zero-order chi connectivity index (χ0) is 21.1. The van der Waals surface area contributed by atoms with Gasteiger partial charge in [-0.05, 0) is 63.6 Å². The van der Waals surface area contributed by atoms with Crippen molar-refractivity contribution in [3.8, 4) is 0 Å². The van der Waals surface area contributed by atoms with Gasteiger partial charge in [0, 0.05) is 30.7 Å². The molecule has 2 fully saturated rings. The maximum Gasteiger partial charge on any atom is 0.119 e. The molecule has 2 aliphatic heterocycles. The van der Waals surface area contributed by atoms with Gasteiger partial charge in [0.15, 0.2) is 0 Å². The van der Waals surface area contributed by atoms with E-state index in [0.717, 1.165) is 18.3 Å². The first-order valence-corrected chi connectivity index (χ1v) is 11.4. The number of hydrogen-bond acceptors (Lipinski definition) is 5. The highest BCUT2D eigenvalue weighted by molar-refractivity contribution is 5.51. The molecule has 1 aromatic rings. The van der Waals surface area contributed by atoms with Gasteiger partial charge in [-0.2, -0.15) is 0 Å². The molecule has 1 saturated heterocycles. The summed E-state index contributed by atoms with van der Waals surface area (Å²) in [5, 5.41) is 3.84. The van der Waals surface area contributed by atoms with Crippen molar-refractivity contribution in [3.63, 3.8) is 0 Å². The molecule has 1 aliphatic carbocycles. The van der Waals surface area contributed by atoms with Gasteiger partial charge in [-0.3, -0.25) is 0 Å². The van der Waals surface area contributed by atoms with Crippen molar-refractivity contribution < 1.29 is 0 Å². The highest BCUT2D eigenvalue weighted by atomic mass is 15.5. The van der Waals surface area contributed by atoms with Crippen LogP contribution in [-0.4, -0.2) is 36.6 Å². The second kappa shape index (κ2) is 8.96. The Morgan fingerprint density at radius 3 is 2.53 bits per heavy atom. The molecule has 1 aromatic carbocycles. The highest BCUT2D eigenvalue weighted by Gasteiger charge is 2.41. The summed E-state index contributed by atoms with van der Waals surface area (Å²) in [4.78, 5) is 2.67. The standard InChI is InChI=1S/C25H37N5/c1-4-5-19(12-15-26)23-24(27-21-13-16-30(17-14-21)22-10-11-22)28-29-25(23,3)20-8-6-18(2)7-9-20/h4-9,21-22,27-29H,1,10-17,26H2,2-3H3/b19-5+. The van der Waals surface area contributed by atoms with E-state index in [1.165, 1.54) is 61.0 Å². The van der Waals surface area contributed by atoms with Gasteiger partial charge < -0.3 is 21.4 Å². The van der Waals surface area contributed by atoms with Gasteiger partial charge in [0.1, 0.15) is 5.82 Å². The number of nitrogens with zero attached hydrogens (tertiary/aromatic N) is 1. The average Bonchev–Trinajstić information content (AvgIpc) is 3.54. The zero-order valence-corrected chi connectivity index (χ0v) is 18.5. The number of nitrogens with one attached hydrogen (secondary N) is 3. The van der Waals surface area contributed by atoms with Crippen LogP contribution >= 0.6 is 0 Å². The number of likely N-dealkylation sites (tertiary alicyclic amines) is 1. The monoisotopic (exact) mass is 407 g/mol. The van der Waals surface area contributed by atoms with E-state index in [0.29, 0.717) is 12.6 Å². The molecule has 3 aliphatic rings. The van der Waals surface area contributed by atoms with E-state index in [1.54, 1.807) is 0 Å². The van der Waals surface area contributed by atoms with Crippen LogP contribution in [-0.2, 0) is 5.54 Å². The second-order valence-corrected chi connectivity index (χ2v) is 9.14. The van der Waals surface area contributed by atoms with Gasteiger partial charge in [0.05, 0.1) is 5.54 Å². The molecule has 162 valence electrons. The Kier molecular flexibility index (Phi) is 6.32. The van der Waals surface area contributed by atoms with Gasteiger partial charge in [-0.25, -0.2) is 5.43 Å². The highest BCUT2D eigenvalue weighted by Crippen LogP contribution is 2.39. The van der Waals surface area contributed by atoms with Crippen molar-refractivity contribution in [3.05, 3.63) is 71.1 Å². The van der Waals surface area contributed by atoms with Crippen LogP contribution in [0.1, 0.15) is 50.2 Å². The van der Waals surface area contributed by atoms with E-state index in [4.69, 9.17) is 5.73 Å². The third-order valence-electron chi connectivity index (χ3n) is 6.81. The van der Waals surface area contributed by atoms with Crippen LogP contribution in [0.4, 0.5) is 0 Å². The summed E-state index contributed by atoms with van der Waals surface area (Å²) in [6.07, 6.45) is 9.96. The number of benzene rings is 1. The van der Waals surface area contributed by atoms with E-state index >= 15 is 0 Å². The Hall–Kier alpha value is -2.08. The molecule has 0 spiro atoms. The number of nitrogens with two attached hydrogens (primary N) is 1. The Morgan fingerprint density at radius 2 is 1.93 bits per heavy atom. The maximum absolute atomic E-state index is 5.99.